The summed E-state index contributed by atoms with van der Waals surface area (Å²) in [6.45, 7) is 5.33. The molecule has 4 heteroatoms. The summed E-state index contributed by atoms with van der Waals surface area (Å²) in [5.41, 5.74) is 0. The molecule has 1 aromatic heterocycles. The molecule has 0 saturated heterocycles. The number of aromatic nitrogens is 2. The van der Waals surface area contributed by atoms with E-state index in [1.165, 1.54) is 32.1 Å². The molecule has 0 aliphatic heterocycles. The standard InChI is InChI=1S/C15H26N4/c1-3-10-16-15-17-11-9-14(19-15)18-12(2)13-7-5-4-6-8-13/h9,11-13H,3-8,10H2,1-2H3,(H2,16,17,18,19). The number of nitrogens with one attached hydrogen (secondary N) is 2. The van der Waals surface area contributed by atoms with Crippen LogP contribution in [0, 0.1) is 5.92 Å². The third-order valence-electron chi connectivity index (χ3n) is 3.92. The molecule has 2 N–H and O–H groups in total. The summed E-state index contributed by atoms with van der Waals surface area (Å²) in [5, 5.41) is 6.76. The molecule has 19 heavy (non-hydrogen) atoms. The molecule has 106 valence electrons. The van der Waals surface area contributed by atoms with Crippen LogP contribution in [0.25, 0.3) is 0 Å². The fourth-order valence-electron chi connectivity index (χ4n) is 2.75. The van der Waals surface area contributed by atoms with Crippen molar-refractivity contribution < 1.29 is 0 Å². The van der Waals surface area contributed by atoms with Gasteiger partial charge in [0.1, 0.15) is 5.82 Å². The SMILES string of the molecule is CCCNc1nccc(NC(C)C2CCCCC2)n1. The zero-order valence-corrected chi connectivity index (χ0v) is 12.2. The van der Waals surface area contributed by atoms with Crippen molar-refractivity contribution in [2.24, 2.45) is 5.92 Å². The minimum atomic E-state index is 0.495. The first-order valence-corrected chi connectivity index (χ1v) is 7.63. The van der Waals surface area contributed by atoms with Crippen LogP contribution in [-0.2, 0) is 0 Å². The highest BCUT2D eigenvalue weighted by atomic mass is 15.1. The van der Waals surface area contributed by atoms with E-state index in [1.54, 1.807) is 0 Å². The van der Waals surface area contributed by atoms with Gasteiger partial charge < -0.3 is 10.6 Å². The first kappa shape index (κ1) is 14.1. The van der Waals surface area contributed by atoms with Gasteiger partial charge in [0, 0.05) is 18.8 Å². The Morgan fingerprint density at radius 2 is 2.11 bits per heavy atom. The Hall–Kier alpha value is -1.32. The highest BCUT2D eigenvalue weighted by molar-refractivity contribution is 5.40. The van der Waals surface area contributed by atoms with Gasteiger partial charge in [-0.15, -0.1) is 0 Å². The Morgan fingerprint density at radius 3 is 2.84 bits per heavy atom. The Bertz CT molecular complexity index is 374. The van der Waals surface area contributed by atoms with Crippen LogP contribution in [0.4, 0.5) is 11.8 Å². The summed E-state index contributed by atoms with van der Waals surface area (Å²) in [6, 6.07) is 2.45. The monoisotopic (exact) mass is 262 g/mol. The lowest BCUT2D eigenvalue weighted by Crippen LogP contribution is -2.28. The van der Waals surface area contributed by atoms with E-state index in [0.717, 1.165) is 30.6 Å². The molecule has 0 aromatic carbocycles. The molecule has 0 amide bonds. The largest absolute Gasteiger partial charge is 0.367 e. The molecule has 1 heterocycles. The molecule has 1 saturated carbocycles. The predicted octanol–water partition coefficient (Wildman–Crippen LogP) is 3.68. The molecular weight excluding hydrogens is 236 g/mol. The van der Waals surface area contributed by atoms with Gasteiger partial charge in [-0.25, -0.2) is 4.98 Å². The van der Waals surface area contributed by atoms with E-state index >= 15 is 0 Å². The van der Waals surface area contributed by atoms with Gasteiger partial charge in [-0.3, -0.25) is 0 Å². The van der Waals surface area contributed by atoms with Crippen LogP contribution in [0.5, 0.6) is 0 Å². The molecule has 1 aliphatic carbocycles. The summed E-state index contributed by atoms with van der Waals surface area (Å²) >= 11 is 0. The van der Waals surface area contributed by atoms with Crippen molar-refractivity contribution >= 4 is 11.8 Å². The third-order valence-corrected chi connectivity index (χ3v) is 3.92. The molecule has 0 bridgehead atoms. The Kier molecular flexibility index (Phi) is 5.43. The van der Waals surface area contributed by atoms with Crippen LogP contribution in [-0.4, -0.2) is 22.6 Å². The van der Waals surface area contributed by atoms with Crippen LogP contribution in [0.15, 0.2) is 12.3 Å². The van der Waals surface area contributed by atoms with Crippen LogP contribution in [0.3, 0.4) is 0 Å². The second-order valence-electron chi connectivity index (χ2n) is 5.52. The third kappa shape index (κ3) is 4.37. The first-order chi connectivity index (χ1) is 9.29. The van der Waals surface area contributed by atoms with Gasteiger partial charge in [0.15, 0.2) is 0 Å². The first-order valence-electron chi connectivity index (χ1n) is 7.63. The number of anilines is 2. The van der Waals surface area contributed by atoms with E-state index in [1.807, 2.05) is 12.3 Å². The van der Waals surface area contributed by atoms with Gasteiger partial charge in [0.2, 0.25) is 5.95 Å². The van der Waals surface area contributed by atoms with E-state index < -0.39 is 0 Å². The summed E-state index contributed by atoms with van der Waals surface area (Å²) in [7, 11) is 0. The van der Waals surface area contributed by atoms with Crippen molar-refractivity contribution in [2.45, 2.75) is 58.4 Å². The molecule has 1 fully saturated rings. The maximum Gasteiger partial charge on any atom is 0.224 e. The normalized spacial score (nSPS) is 18.0. The van der Waals surface area contributed by atoms with E-state index in [2.05, 4.69) is 34.4 Å². The van der Waals surface area contributed by atoms with E-state index in [0.29, 0.717) is 6.04 Å². The second-order valence-corrected chi connectivity index (χ2v) is 5.52. The molecule has 1 atom stereocenters. The molecule has 0 spiro atoms. The summed E-state index contributed by atoms with van der Waals surface area (Å²) in [6.07, 6.45) is 9.76. The lowest BCUT2D eigenvalue weighted by atomic mass is 9.84. The van der Waals surface area contributed by atoms with E-state index in [9.17, 15) is 0 Å². The van der Waals surface area contributed by atoms with Crippen molar-refractivity contribution in [2.75, 3.05) is 17.2 Å². The average molecular weight is 262 g/mol. The maximum atomic E-state index is 4.51. The maximum absolute atomic E-state index is 4.51. The minimum Gasteiger partial charge on any atom is -0.367 e. The van der Waals surface area contributed by atoms with Crippen LogP contribution < -0.4 is 10.6 Å². The Labute approximate surface area is 116 Å². The van der Waals surface area contributed by atoms with Gasteiger partial charge in [0.25, 0.3) is 0 Å². The second kappa shape index (κ2) is 7.31. The van der Waals surface area contributed by atoms with Crippen molar-refractivity contribution in [3.8, 4) is 0 Å². The minimum absolute atomic E-state index is 0.495. The fraction of sp³-hybridized carbons (Fsp3) is 0.733. The number of nitrogens with zero attached hydrogens (tertiary/aromatic N) is 2. The fourth-order valence-corrected chi connectivity index (χ4v) is 2.75. The molecular formula is C15H26N4. The Morgan fingerprint density at radius 1 is 1.32 bits per heavy atom. The van der Waals surface area contributed by atoms with E-state index in [-0.39, 0.29) is 0 Å². The number of rotatable bonds is 6. The quantitative estimate of drug-likeness (QED) is 0.821. The average Bonchev–Trinajstić information content (AvgIpc) is 2.46. The van der Waals surface area contributed by atoms with Crippen molar-refractivity contribution in [1.29, 1.82) is 0 Å². The van der Waals surface area contributed by atoms with Gasteiger partial charge in [-0.2, -0.15) is 4.98 Å². The van der Waals surface area contributed by atoms with Gasteiger partial charge in [0.05, 0.1) is 0 Å². The van der Waals surface area contributed by atoms with Gasteiger partial charge in [-0.05, 0) is 38.2 Å². The van der Waals surface area contributed by atoms with Crippen molar-refractivity contribution in [1.82, 2.24) is 9.97 Å². The zero-order chi connectivity index (χ0) is 13.5. The molecule has 1 aliphatic rings. The highest BCUT2D eigenvalue weighted by Crippen LogP contribution is 2.27. The topological polar surface area (TPSA) is 49.8 Å². The molecule has 2 rings (SSSR count). The van der Waals surface area contributed by atoms with E-state index in [4.69, 9.17) is 0 Å². The van der Waals surface area contributed by atoms with Crippen LogP contribution in [0.1, 0.15) is 52.4 Å². The highest BCUT2D eigenvalue weighted by Gasteiger charge is 2.20. The summed E-state index contributed by atoms with van der Waals surface area (Å²) < 4.78 is 0. The molecule has 1 aromatic rings. The van der Waals surface area contributed by atoms with Crippen molar-refractivity contribution in [3.63, 3.8) is 0 Å². The number of hydrogen-bond donors (Lipinski definition) is 2. The van der Waals surface area contributed by atoms with Gasteiger partial charge >= 0.3 is 0 Å². The lowest BCUT2D eigenvalue weighted by molar-refractivity contribution is 0.328. The summed E-state index contributed by atoms with van der Waals surface area (Å²) in [4.78, 5) is 8.75. The van der Waals surface area contributed by atoms with Crippen LogP contribution in [0.2, 0.25) is 0 Å². The summed E-state index contributed by atoms with van der Waals surface area (Å²) in [5.74, 6) is 2.45. The Balaban J connectivity index is 1.90. The zero-order valence-electron chi connectivity index (χ0n) is 12.2. The predicted molar refractivity (Wildman–Crippen MR) is 80.5 cm³/mol. The molecule has 0 radical (unpaired) electrons. The van der Waals surface area contributed by atoms with Gasteiger partial charge in [-0.1, -0.05) is 26.2 Å². The smallest absolute Gasteiger partial charge is 0.224 e. The van der Waals surface area contributed by atoms with Crippen molar-refractivity contribution in [3.05, 3.63) is 12.3 Å². The number of hydrogen-bond acceptors (Lipinski definition) is 4. The molecule has 1 unspecified atom stereocenters. The van der Waals surface area contributed by atoms with Crippen LogP contribution >= 0.6 is 0 Å². The lowest BCUT2D eigenvalue weighted by Gasteiger charge is -2.28. The molecule has 4 nitrogen and oxygen atoms in total.